The molecule has 1 aromatic carbocycles. The molecule has 0 bridgehead atoms. The summed E-state index contributed by atoms with van der Waals surface area (Å²) in [6.45, 7) is 2.75. The Kier molecular flexibility index (Phi) is 4.64. The van der Waals surface area contributed by atoms with Crippen molar-refractivity contribution >= 4 is 29.0 Å². The summed E-state index contributed by atoms with van der Waals surface area (Å²) in [5.74, 6) is 0.0723. The van der Waals surface area contributed by atoms with E-state index in [1.165, 1.54) is 18.2 Å². The fourth-order valence-corrected chi connectivity index (χ4v) is 2.50. The summed E-state index contributed by atoms with van der Waals surface area (Å²) in [6.07, 6.45) is 0.296. The molecule has 2 N–H and O–H groups in total. The number of nitro benzene ring substituents is 1. The molecule has 1 aromatic rings. The zero-order chi connectivity index (χ0) is 15.6. The van der Waals surface area contributed by atoms with E-state index < -0.39 is 11.0 Å². The smallest absolute Gasteiger partial charge is 0.321 e. The second-order valence-corrected chi connectivity index (χ2v) is 5.49. The number of likely N-dealkylation sites (tertiary alicyclic amines) is 1. The molecule has 1 heterocycles. The van der Waals surface area contributed by atoms with Gasteiger partial charge in [0.05, 0.1) is 21.7 Å². The number of carbonyl (C=O) groups excluding carboxylic acids is 1. The van der Waals surface area contributed by atoms with Crippen LogP contribution in [0.5, 0.6) is 0 Å². The van der Waals surface area contributed by atoms with E-state index in [1.807, 2.05) is 0 Å². The summed E-state index contributed by atoms with van der Waals surface area (Å²) < 4.78 is 0. The number of benzene rings is 1. The Bertz CT molecular complexity index is 564. The van der Waals surface area contributed by atoms with Gasteiger partial charge in [0.1, 0.15) is 0 Å². The van der Waals surface area contributed by atoms with Crippen molar-refractivity contribution in [2.45, 2.75) is 19.4 Å². The van der Waals surface area contributed by atoms with Crippen LogP contribution in [0.15, 0.2) is 18.2 Å². The first-order valence-corrected chi connectivity index (χ1v) is 6.94. The molecular formula is C13H16ClN3O4. The lowest BCUT2D eigenvalue weighted by Gasteiger charge is -2.18. The van der Waals surface area contributed by atoms with Crippen molar-refractivity contribution in [3.05, 3.63) is 33.3 Å². The van der Waals surface area contributed by atoms with E-state index in [0.717, 1.165) is 6.42 Å². The zero-order valence-electron chi connectivity index (χ0n) is 11.5. The quantitative estimate of drug-likeness (QED) is 0.662. The van der Waals surface area contributed by atoms with Crippen LogP contribution in [0.2, 0.25) is 5.02 Å². The number of aliphatic hydroxyl groups is 1. The third-order valence-electron chi connectivity index (χ3n) is 3.60. The van der Waals surface area contributed by atoms with Crippen LogP contribution in [-0.2, 0) is 0 Å². The number of anilines is 1. The van der Waals surface area contributed by atoms with Crippen molar-refractivity contribution in [2.24, 2.45) is 5.92 Å². The van der Waals surface area contributed by atoms with Gasteiger partial charge in [-0.3, -0.25) is 10.1 Å². The molecule has 114 valence electrons. The number of amides is 2. The number of rotatable bonds is 3. The van der Waals surface area contributed by atoms with Crippen molar-refractivity contribution in [3.8, 4) is 0 Å². The van der Waals surface area contributed by atoms with Gasteiger partial charge in [-0.1, -0.05) is 11.6 Å². The Morgan fingerprint density at radius 1 is 1.62 bits per heavy atom. The standard InChI is InChI=1S/C13H16ClN3O4/c1-8(18)9-4-5-16(7-9)13(19)15-12-3-2-10(17(20)21)6-11(12)14/h2-3,6,8-9,18H,4-5,7H2,1H3,(H,15,19). The average molecular weight is 314 g/mol. The minimum Gasteiger partial charge on any atom is -0.393 e. The molecule has 0 aromatic heterocycles. The molecule has 2 unspecified atom stereocenters. The highest BCUT2D eigenvalue weighted by molar-refractivity contribution is 6.33. The molecule has 21 heavy (non-hydrogen) atoms. The van der Waals surface area contributed by atoms with Crippen LogP contribution in [0.3, 0.4) is 0 Å². The Labute approximate surface area is 126 Å². The monoisotopic (exact) mass is 313 g/mol. The lowest BCUT2D eigenvalue weighted by molar-refractivity contribution is -0.384. The summed E-state index contributed by atoms with van der Waals surface area (Å²) in [5, 5.41) is 22.9. The number of non-ortho nitro benzene ring substituents is 1. The maximum atomic E-state index is 12.1. The Morgan fingerprint density at radius 2 is 2.33 bits per heavy atom. The summed E-state index contributed by atoms with van der Waals surface area (Å²) in [5.41, 5.74) is 0.195. The molecule has 0 saturated carbocycles. The first-order chi connectivity index (χ1) is 9.88. The Hall–Kier alpha value is -1.86. The topological polar surface area (TPSA) is 95.7 Å². The fraction of sp³-hybridized carbons (Fsp3) is 0.462. The number of carbonyl (C=O) groups is 1. The summed E-state index contributed by atoms with van der Waals surface area (Å²) in [6, 6.07) is 3.55. The van der Waals surface area contributed by atoms with Gasteiger partial charge in [-0.15, -0.1) is 0 Å². The molecule has 1 aliphatic heterocycles. The molecule has 2 amide bonds. The van der Waals surface area contributed by atoms with Crippen molar-refractivity contribution in [1.29, 1.82) is 0 Å². The predicted octanol–water partition coefficient (Wildman–Crippen LogP) is 2.48. The van der Waals surface area contributed by atoms with Gasteiger partial charge in [0.25, 0.3) is 5.69 Å². The number of nitro groups is 1. The van der Waals surface area contributed by atoms with Gasteiger partial charge in [-0.25, -0.2) is 4.79 Å². The minimum absolute atomic E-state index is 0.0723. The van der Waals surface area contributed by atoms with E-state index in [0.29, 0.717) is 18.8 Å². The molecule has 0 radical (unpaired) electrons. The van der Waals surface area contributed by atoms with E-state index in [9.17, 15) is 20.0 Å². The predicted molar refractivity (Wildman–Crippen MR) is 78.5 cm³/mol. The van der Waals surface area contributed by atoms with Gasteiger partial charge in [-0.2, -0.15) is 0 Å². The maximum Gasteiger partial charge on any atom is 0.321 e. The van der Waals surface area contributed by atoms with Gasteiger partial charge in [0, 0.05) is 31.1 Å². The van der Waals surface area contributed by atoms with Crippen LogP contribution in [-0.4, -0.2) is 40.2 Å². The molecule has 0 aliphatic carbocycles. The number of urea groups is 1. The van der Waals surface area contributed by atoms with Crippen LogP contribution in [0.4, 0.5) is 16.2 Å². The SMILES string of the molecule is CC(O)C1CCN(C(=O)Nc2ccc([N+](=O)[O-])cc2Cl)C1. The van der Waals surface area contributed by atoms with Gasteiger partial charge < -0.3 is 15.3 Å². The van der Waals surface area contributed by atoms with E-state index >= 15 is 0 Å². The maximum absolute atomic E-state index is 12.1. The van der Waals surface area contributed by atoms with Gasteiger partial charge >= 0.3 is 6.03 Å². The van der Waals surface area contributed by atoms with E-state index in [-0.39, 0.29) is 22.7 Å². The average Bonchev–Trinajstić information content (AvgIpc) is 2.90. The fourth-order valence-electron chi connectivity index (χ4n) is 2.28. The number of nitrogens with zero attached hydrogens (tertiary/aromatic N) is 2. The number of hydrogen-bond donors (Lipinski definition) is 2. The highest BCUT2D eigenvalue weighted by Crippen LogP contribution is 2.27. The second-order valence-electron chi connectivity index (χ2n) is 5.09. The number of nitrogens with one attached hydrogen (secondary N) is 1. The van der Waals surface area contributed by atoms with Gasteiger partial charge in [0.2, 0.25) is 0 Å². The zero-order valence-corrected chi connectivity index (χ0v) is 12.2. The number of halogens is 1. The molecule has 8 heteroatoms. The molecule has 1 fully saturated rings. The number of hydrogen-bond acceptors (Lipinski definition) is 4. The van der Waals surface area contributed by atoms with Gasteiger partial charge in [-0.05, 0) is 19.4 Å². The summed E-state index contributed by atoms with van der Waals surface area (Å²) >= 11 is 5.93. The van der Waals surface area contributed by atoms with Crippen LogP contribution >= 0.6 is 11.6 Å². The lowest BCUT2D eigenvalue weighted by Crippen LogP contribution is -2.34. The first-order valence-electron chi connectivity index (χ1n) is 6.56. The van der Waals surface area contributed by atoms with Crippen molar-refractivity contribution < 1.29 is 14.8 Å². The normalized spacial score (nSPS) is 19.4. The molecule has 2 rings (SSSR count). The van der Waals surface area contributed by atoms with E-state index in [1.54, 1.807) is 11.8 Å². The van der Waals surface area contributed by atoms with Crippen LogP contribution < -0.4 is 5.32 Å². The summed E-state index contributed by atoms with van der Waals surface area (Å²) in [7, 11) is 0. The largest absolute Gasteiger partial charge is 0.393 e. The first kappa shape index (κ1) is 15.5. The lowest BCUT2D eigenvalue weighted by atomic mass is 10.0. The highest BCUT2D eigenvalue weighted by atomic mass is 35.5. The highest BCUT2D eigenvalue weighted by Gasteiger charge is 2.29. The molecule has 0 spiro atoms. The summed E-state index contributed by atoms with van der Waals surface area (Å²) in [4.78, 5) is 23.8. The van der Waals surface area contributed by atoms with Crippen LogP contribution in [0.1, 0.15) is 13.3 Å². The molecular weight excluding hydrogens is 298 g/mol. The minimum atomic E-state index is -0.550. The third kappa shape index (κ3) is 3.62. The van der Waals surface area contributed by atoms with Crippen LogP contribution in [0.25, 0.3) is 0 Å². The molecule has 7 nitrogen and oxygen atoms in total. The molecule has 2 atom stereocenters. The van der Waals surface area contributed by atoms with Gasteiger partial charge in [0.15, 0.2) is 0 Å². The number of aliphatic hydroxyl groups excluding tert-OH is 1. The second kappa shape index (κ2) is 6.28. The third-order valence-corrected chi connectivity index (χ3v) is 3.91. The van der Waals surface area contributed by atoms with E-state index in [4.69, 9.17) is 11.6 Å². The molecule has 1 saturated heterocycles. The van der Waals surface area contributed by atoms with Crippen LogP contribution in [0, 0.1) is 16.0 Å². The van der Waals surface area contributed by atoms with E-state index in [2.05, 4.69) is 5.32 Å². The van der Waals surface area contributed by atoms with Crippen molar-refractivity contribution in [3.63, 3.8) is 0 Å². The Morgan fingerprint density at radius 3 is 2.86 bits per heavy atom. The molecule has 1 aliphatic rings. The Balaban J connectivity index is 2.02. The van der Waals surface area contributed by atoms with Crippen molar-refractivity contribution in [2.75, 3.05) is 18.4 Å². The van der Waals surface area contributed by atoms with Crippen molar-refractivity contribution in [1.82, 2.24) is 4.90 Å².